The van der Waals surface area contributed by atoms with Crippen molar-refractivity contribution in [3.63, 3.8) is 0 Å². The van der Waals surface area contributed by atoms with E-state index in [4.69, 9.17) is 11.6 Å². The molecule has 0 aliphatic rings. The molecule has 0 bridgehead atoms. The minimum absolute atomic E-state index is 0.0345. The van der Waals surface area contributed by atoms with Crippen LogP contribution in [0.1, 0.15) is 33.1 Å². The topological polar surface area (TPSA) is 73.2 Å². The lowest BCUT2D eigenvalue weighted by Gasteiger charge is -2.15. The summed E-state index contributed by atoms with van der Waals surface area (Å²) in [6.07, 6.45) is 4.64. The van der Waals surface area contributed by atoms with Gasteiger partial charge in [0.1, 0.15) is 11.6 Å². The van der Waals surface area contributed by atoms with E-state index in [1.807, 2.05) is 6.92 Å². The molecular weight excluding hydrogens is 282 g/mol. The number of halogens is 1. The molecule has 6 nitrogen and oxygen atoms in total. The van der Waals surface area contributed by atoms with Crippen molar-refractivity contribution < 1.29 is 9.53 Å². The zero-order valence-electron chi connectivity index (χ0n) is 12.0. The first-order valence-corrected chi connectivity index (χ1v) is 6.96. The number of unbranched alkanes of at least 4 members (excludes halogenated alkanes) is 1. The average Bonchev–Trinajstić information content (AvgIpc) is 2.44. The Bertz CT molecular complexity index is 516. The summed E-state index contributed by atoms with van der Waals surface area (Å²) < 4.78 is 5.47. The molecule has 20 heavy (non-hydrogen) atoms. The maximum atomic E-state index is 12.0. The third kappa shape index (κ3) is 4.52. The van der Waals surface area contributed by atoms with Gasteiger partial charge in [0, 0.05) is 6.04 Å². The summed E-state index contributed by atoms with van der Waals surface area (Å²) in [6, 6.07) is 0.199. The SMILES string of the molecule is CCCCC(C)Nc1cnn(CC(=O)OC)c(=O)c1Cl. The lowest BCUT2D eigenvalue weighted by molar-refractivity contribution is -0.141. The van der Waals surface area contributed by atoms with E-state index in [-0.39, 0.29) is 17.6 Å². The van der Waals surface area contributed by atoms with Crippen LogP contribution in [-0.4, -0.2) is 28.9 Å². The van der Waals surface area contributed by atoms with E-state index < -0.39 is 11.5 Å². The van der Waals surface area contributed by atoms with Crippen LogP contribution in [0.15, 0.2) is 11.0 Å². The van der Waals surface area contributed by atoms with Crippen LogP contribution < -0.4 is 10.9 Å². The predicted octanol–water partition coefficient (Wildman–Crippen LogP) is 2.06. The molecule has 1 aromatic heterocycles. The van der Waals surface area contributed by atoms with Crippen LogP contribution in [0.25, 0.3) is 0 Å². The van der Waals surface area contributed by atoms with Gasteiger partial charge in [0.2, 0.25) is 0 Å². The molecule has 0 saturated carbocycles. The molecule has 1 aromatic rings. The first-order valence-electron chi connectivity index (χ1n) is 6.58. The Balaban J connectivity index is 2.83. The van der Waals surface area contributed by atoms with Gasteiger partial charge in [0.15, 0.2) is 0 Å². The van der Waals surface area contributed by atoms with Gasteiger partial charge in [-0.25, -0.2) is 4.68 Å². The highest BCUT2D eigenvalue weighted by Crippen LogP contribution is 2.17. The maximum absolute atomic E-state index is 12.0. The Hall–Kier alpha value is -1.56. The predicted molar refractivity (Wildman–Crippen MR) is 78.1 cm³/mol. The number of nitrogens with one attached hydrogen (secondary N) is 1. The average molecular weight is 302 g/mol. The fraction of sp³-hybridized carbons (Fsp3) is 0.615. The Morgan fingerprint density at radius 2 is 2.30 bits per heavy atom. The minimum Gasteiger partial charge on any atom is -0.468 e. The van der Waals surface area contributed by atoms with E-state index in [1.54, 1.807) is 0 Å². The number of ether oxygens (including phenoxy) is 1. The summed E-state index contributed by atoms with van der Waals surface area (Å²) in [7, 11) is 1.25. The second-order valence-electron chi connectivity index (χ2n) is 4.60. The number of hydrogen-bond donors (Lipinski definition) is 1. The molecule has 0 radical (unpaired) electrons. The highest BCUT2D eigenvalue weighted by Gasteiger charge is 2.13. The summed E-state index contributed by atoms with van der Waals surface area (Å²) in [4.78, 5) is 23.1. The monoisotopic (exact) mass is 301 g/mol. The normalized spacial score (nSPS) is 12.0. The molecule has 1 unspecified atom stereocenters. The van der Waals surface area contributed by atoms with Crippen LogP contribution >= 0.6 is 11.6 Å². The van der Waals surface area contributed by atoms with E-state index in [0.717, 1.165) is 23.9 Å². The molecule has 0 amide bonds. The second kappa shape index (κ2) is 7.89. The summed E-state index contributed by atoms with van der Waals surface area (Å²) in [5, 5.41) is 7.11. The molecule has 7 heteroatoms. The third-order valence-corrected chi connectivity index (χ3v) is 3.25. The molecule has 112 valence electrons. The highest BCUT2D eigenvalue weighted by atomic mass is 35.5. The number of carbonyl (C=O) groups is 1. The van der Waals surface area contributed by atoms with Crippen LogP contribution in [0.4, 0.5) is 5.69 Å². The smallest absolute Gasteiger partial charge is 0.327 e. The minimum atomic E-state index is -0.548. The highest BCUT2D eigenvalue weighted by molar-refractivity contribution is 6.32. The van der Waals surface area contributed by atoms with Crippen molar-refractivity contribution in [1.29, 1.82) is 0 Å². The zero-order valence-corrected chi connectivity index (χ0v) is 12.7. The maximum Gasteiger partial charge on any atom is 0.327 e. The summed E-state index contributed by atoms with van der Waals surface area (Å²) in [5.74, 6) is -0.548. The number of nitrogens with zero attached hydrogens (tertiary/aromatic N) is 2. The van der Waals surface area contributed by atoms with Gasteiger partial charge in [-0.2, -0.15) is 5.10 Å². The fourth-order valence-corrected chi connectivity index (χ4v) is 1.91. The van der Waals surface area contributed by atoms with Gasteiger partial charge >= 0.3 is 5.97 Å². The van der Waals surface area contributed by atoms with Crippen molar-refractivity contribution >= 4 is 23.3 Å². The van der Waals surface area contributed by atoms with Gasteiger partial charge in [0.25, 0.3) is 5.56 Å². The third-order valence-electron chi connectivity index (χ3n) is 2.88. The van der Waals surface area contributed by atoms with Crippen molar-refractivity contribution in [2.45, 2.75) is 45.7 Å². The van der Waals surface area contributed by atoms with Crippen molar-refractivity contribution in [3.8, 4) is 0 Å². The molecule has 0 aliphatic carbocycles. The fourth-order valence-electron chi connectivity index (χ4n) is 1.71. The van der Waals surface area contributed by atoms with Gasteiger partial charge in [-0.05, 0) is 13.3 Å². The standard InChI is InChI=1S/C13H20ClN3O3/c1-4-5-6-9(2)16-10-7-15-17(8-11(18)20-3)13(19)12(10)14/h7,9,16H,4-6,8H2,1-3H3. The Kier molecular flexibility index (Phi) is 6.51. The van der Waals surface area contributed by atoms with Crippen LogP contribution in [-0.2, 0) is 16.1 Å². The van der Waals surface area contributed by atoms with Gasteiger partial charge in [-0.3, -0.25) is 9.59 Å². The van der Waals surface area contributed by atoms with Gasteiger partial charge in [-0.1, -0.05) is 31.4 Å². The number of esters is 1. The number of methoxy groups -OCH3 is 1. The molecule has 0 fully saturated rings. The zero-order chi connectivity index (χ0) is 15.1. The van der Waals surface area contributed by atoms with Crippen molar-refractivity contribution in [3.05, 3.63) is 21.6 Å². The van der Waals surface area contributed by atoms with Crippen molar-refractivity contribution in [1.82, 2.24) is 9.78 Å². The molecule has 1 rings (SSSR count). The largest absolute Gasteiger partial charge is 0.468 e. The van der Waals surface area contributed by atoms with Gasteiger partial charge in [0.05, 0.1) is 19.0 Å². The van der Waals surface area contributed by atoms with Crippen LogP contribution in [0.3, 0.4) is 0 Å². The number of rotatable bonds is 7. The molecule has 1 heterocycles. The molecule has 0 spiro atoms. The van der Waals surface area contributed by atoms with E-state index in [2.05, 4.69) is 22.1 Å². The molecular formula is C13H20ClN3O3. The number of anilines is 1. The van der Waals surface area contributed by atoms with Gasteiger partial charge < -0.3 is 10.1 Å². The summed E-state index contributed by atoms with van der Waals surface area (Å²) in [5.41, 5.74) is -0.0221. The van der Waals surface area contributed by atoms with Crippen LogP contribution in [0.2, 0.25) is 5.02 Å². The van der Waals surface area contributed by atoms with E-state index in [1.165, 1.54) is 13.3 Å². The number of carbonyl (C=O) groups excluding carboxylic acids is 1. The molecule has 0 saturated heterocycles. The Morgan fingerprint density at radius 1 is 1.60 bits per heavy atom. The molecule has 1 N–H and O–H groups in total. The van der Waals surface area contributed by atoms with Crippen molar-refractivity contribution in [2.24, 2.45) is 0 Å². The van der Waals surface area contributed by atoms with E-state index in [9.17, 15) is 9.59 Å². The second-order valence-corrected chi connectivity index (χ2v) is 4.98. The van der Waals surface area contributed by atoms with Crippen LogP contribution in [0.5, 0.6) is 0 Å². The van der Waals surface area contributed by atoms with Crippen molar-refractivity contribution in [2.75, 3.05) is 12.4 Å². The van der Waals surface area contributed by atoms with E-state index >= 15 is 0 Å². The summed E-state index contributed by atoms with van der Waals surface area (Å²) in [6.45, 7) is 3.89. The molecule has 0 aliphatic heterocycles. The quantitative estimate of drug-likeness (QED) is 0.780. The first-order chi connectivity index (χ1) is 9.49. The number of hydrogen-bond acceptors (Lipinski definition) is 5. The van der Waals surface area contributed by atoms with Crippen LogP contribution in [0, 0.1) is 0 Å². The Labute approximate surface area is 123 Å². The molecule has 1 atom stereocenters. The van der Waals surface area contributed by atoms with E-state index in [0.29, 0.717) is 5.69 Å². The Morgan fingerprint density at radius 3 is 2.90 bits per heavy atom. The lowest BCUT2D eigenvalue weighted by Crippen LogP contribution is -2.29. The first kappa shape index (κ1) is 16.5. The lowest BCUT2D eigenvalue weighted by atomic mass is 10.1. The number of aromatic nitrogens is 2. The van der Waals surface area contributed by atoms with Gasteiger partial charge in [-0.15, -0.1) is 0 Å². The molecule has 0 aromatic carbocycles. The summed E-state index contributed by atoms with van der Waals surface area (Å²) >= 11 is 6.02.